The normalized spacial score (nSPS) is 14.2. The predicted octanol–water partition coefficient (Wildman–Crippen LogP) is 2.24. The van der Waals surface area contributed by atoms with Crippen molar-refractivity contribution in [3.05, 3.63) is 29.3 Å². The van der Waals surface area contributed by atoms with Gasteiger partial charge in [0.05, 0.1) is 18.1 Å². The minimum Gasteiger partial charge on any atom is -0.491 e. The Labute approximate surface area is 135 Å². The van der Waals surface area contributed by atoms with Gasteiger partial charge >= 0.3 is 0 Å². The lowest BCUT2D eigenvalue weighted by molar-refractivity contribution is -0.127. The molecule has 22 heavy (non-hydrogen) atoms. The second-order valence-corrected chi connectivity index (χ2v) is 5.62. The number of amides is 2. The summed E-state index contributed by atoms with van der Waals surface area (Å²) in [7, 11) is 0. The molecule has 6 heteroatoms. The molecule has 1 heterocycles. The predicted molar refractivity (Wildman–Crippen MR) is 85.0 cm³/mol. The molecule has 0 saturated carbocycles. The van der Waals surface area contributed by atoms with Crippen LogP contribution in [-0.2, 0) is 9.59 Å². The highest BCUT2D eigenvalue weighted by Gasteiger charge is 2.18. The number of carbonyl (C=O) groups excluding carboxylic acids is 2. The molecule has 1 aromatic carbocycles. The summed E-state index contributed by atoms with van der Waals surface area (Å²) in [6.45, 7) is 2.43. The quantitative estimate of drug-likeness (QED) is 0.746. The van der Waals surface area contributed by atoms with Gasteiger partial charge < -0.3 is 15.0 Å². The van der Waals surface area contributed by atoms with E-state index in [1.165, 1.54) is 0 Å². The van der Waals surface area contributed by atoms with Gasteiger partial charge in [-0.05, 0) is 25.0 Å². The number of nitrogens with zero attached hydrogens (tertiary/aromatic N) is 1. The van der Waals surface area contributed by atoms with Gasteiger partial charge in [0.15, 0.2) is 0 Å². The van der Waals surface area contributed by atoms with Crippen molar-refractivity contribution in [2.24, 2.45) is 0 Å². The van der Waals surface area contributed by atoms with Gasteiger partial charge in [-0.25, -0.2) is 0 Å². The highest BCUT2D eigenvalue weighted by molar-refractivity contribution is 6.32. The molecule has 120 valence electrons. The Kier molecular flexibility index (Phi) is 6.52. The number of para-hydroxylation sites is 1. The topological polar surface area (TPSA) is 58.6 Å². The number of ether oxygens (including phenoxy) is 1. The van der Waals surface area contributed by atoms with E-state index >= 15 is 0 Å². The minimum absolute atomic E-state index is 0.0557. The van der Waals surface area contributed by atoms with E-state index in [0.717, 1.165) is 25.9 Å². The van der Waals surface area contributed by atoms with Crippen LogP contribution < -0.4 is 10.1 Å². The lowest BCUT2D eigenvalue weighted by atomic mass is 10.3. The van der Waals surface area contributed by atoms with E-state index in [2.05, 4.69) is 5.32 Å². The molecule has 0 atom stereocenters. The fraction of sp³-hybridized carbons (Fsp3) is 0.500. The number of benzene rings is 1. The largest absolute Gasteiger partial charge is 0.491 e. The Hall–Kier alpha value is -1.75. The lowest BCUT2D eigenvalue weighted by Crippen LogP contribution is -2.31. The molecule has 0 aromatic heterocycles. The minimum atomic E-state index is -0.0557. The first kappa shape index (κ1) is 16.6. The van der Waals surface area contributed by atoms with Crippen molar-refractivity contribution in [1.29, 1.82) is 0 Å². The van der Waals surface area contributed by atoms with Gasteiger partial charge in [-0.15, -0.1) is 0 Å². The fourth-order valence-corrected chi connectivity index (χ4v) is 2.53. The van der Waals surface area contributed by atoms with Crippen LogP contribution in [0.15, 0.2) is 24.3 Å². The number of hydrogen-bond acceptors (Lipinski definition) is 3. The van der Waals surface area contributed by atoms with Crippen molar-refractivity contribution < 1.29 is 14.3 Å². The van der Waals surface area contributed by atoms with Crippen LogP contribution >= 0.6 is 11.6 Å². The van der Waals surface area contributed by atoms with Crippen LogP contribution in [-0.4, -0.2) is 43.0 Å². The van der Waals surface area contributed by atoms with Crippen LogP contribution in [0.25, 0.3) is 0 Å². The summed E-state index contributed by atoms with van der Waals surface area (Å²) >= 11 is 5.96. The molecule has 0 spiro atoms. The number of nitrogens with one attached hydrogen (secondary N) is 1. The lowest BCUT2D eigenvalue weighted by Gasteiger charge is -2.15. The Morgan fingerprint density at radius 1 is 1.36 bits per heavy atom. The zero-order valence-electron chi connectivity index (χ0n) is 12.5. The molecular weight excluding hydrogens is 304 g/mol. The Balaban J connectivity index is 1.54. The number of carbonyl (C=O) groups is 2. The van der Waals surface area contributed by atoms with E-state index in [0.29, 0.717) is 30.3 Å². The standard InChI is InChI=1S/C16H21ClN2O3/c17-13-5-1-2-6-14(13)22-12-8-15(20)18-9-4-11-19-10-3-7-16(19)21/h1-2,5-6H,3-4,7-12H2,(H,18,20). The summed E-state index contributed by atoms with van der Waals surface area (Å²) in [5.74, 6) is 0.754. The molecule has 0 radical (unpaired) electrons. The molecule has 1 saturated heterocycles. The van der Waals surface area contributed by atoms with Gasteiger partial charge in [-0.1, -0.05) is 23.7 Å². The van der Waals surface area contributed by atoms with Gasteiger partial charge in [-0.3, -0.25) is 9.59 Å². The van der Waals surface area contributed by atoms with Gasteiger partial charge in [0.2, 0.25) is 11.8 Å². The number of halogens is 1. The van der Waals surface area contributed by atoms with Crippen LogP contribution in [0, 0.1) is 0 Å². The van der Waals surface area contributed by atoms with Gasteiger partial charge in [-0.2, -0.15) is 0 Å². The molecule has 0 aliphatic carbocycles. The third-order valence-corrected chi connectivity index (χ3v) is 3.83. The molecule has 1 aromatic rings. The average molecular weight is 325 g/mol. The van der Waals surface area contributed by atoms with Crippen LogP contribution in [0.4, 0.5) is 0 Å². The van der Waals surface area contributed by atoms with Crippen molar-refractivity contribution in [1.82, 2.24) is 10.2 Å². The third kappa shape index (κ3) is 5.22. The number of rotatable bonds is 8. The Bertz CT molecular complexity index is 522. The number of likely N-dealkylation sites (tertiary alicyclic amines) is 1. The van der Waals surface area contributed by atoms with Gasteiger partial charge in [0.1, 0.15) is 5.75 Å². The molecule has 2 rings (SSSR count). The van der Waals surface area contributed by atoms with E-state index in [4.69, 9.17) is 16.3 Å². The first-order valence-electron chi connectivity index (χ1n) is 7.58. The van der Waals surface area contributed by atoms with E-state index in [9.17, 15) is 9.59 Å². The van der Waals surface area contributed by atoms with Crippen molar-refractivity contribution in [3.63, 3.8) is 0 Å². The maximum absolute atomic E-state index is 11.7. The Morgan fingerprint density at radius 3 is 2.91 bits per heavy atom. The monoisotopic (exact) mass is 324 g/mol. The summed E-state index contributed by atoms with van der Waals surface area (Å²) in [5, 5.41) is 3.37. The summed E-state index contributed by atoms with van der Waals surface area (Å²) in [6, 6.07) is 7.18. The smallest absolute Gasteiger partial charge is 0.223 e. The second kappa shape index (κ2) is 8.63. The molecule has 1 N–H and O–H groups in total. The van der Waals surface area contributed by atoms with Crippen LogP contribution in [0.2, 0.25) is 5.02 Å². The van der Waals surface area contributed by atoms with Crippen molar-refractivity contribution in [2.75, 3.05) is 26.2 Å². The highest BCUT2D eigenvalue weighted by atomic mass is 35.5. The van der Waals surface area contributed by atoms with Crippen molar-refractivity contribution >= 4 is 23.4 Å². The molecular formula is C16H21ClN2O3. The van der Waals surface area contributed by atoms with Gasteiger partial charge in [0.25, 0.3) is 0 Å². The highest BCUT2D eigenvalue weighted by Crippen LogP contribution is 2.22. The summed E-state index contributed by atoms with van der Waals surface area (Å²) in [4.78, 5) is 24.9. The number of hydrogen-bond donors (Lipinski definition) is 1. The van der Waals surface area contributed by atoms with Crippen LogP contribution in [0.1, 0.15) is 25.7 Å². The molecule has 1 fully saturated rings. The maximum Gasteiger partial charge on any atom is 0.223 e. The third-order valence-electron chi connectivity index (χ3n) is 3.52. The molecule has 2 amide bonds. The fourth-order valence-electron chi connectivity index (χ4n) is 2.34. The molecule has 5 nitrogen and oxygen atoms in total. The van der Waals surface area contributed by atoms with E-state index in [-0.39, 0.29) is 18.2 Å². The maximum atomic E-state index is 11.7. The summed E-state index contributed by atoms with van der Waals surface area (Å²) < 4.78 is 5.46. The average Bonchev–Trinajstić information content (AvgIpc) is 2.91. The summed E-state index contributed by atoms with van der Waals surface area (Å²) in [6.07, 6.45) is 2.67. The zero-order chi connectivity index (χ0) is 15.8. The van der Waals surface area contributed by atoms with Crippen molar-refractivity contribution in [2.45, 2.75) is 25.7 Å². The Morgan fingerprint density at radius 2 is 2.18 bits per heavy atom. The first-order valence-corrected chi connectivity index (χ1v) is 7.96. The second-order valence-electron chi connectivity index (χ2n) is 5.22. The van der Waals surface area contributed by atoms with Crippen molar-refractivity contribution in [3.8, 4) is 5.75 Å². The first-order chi connectivity index (χ1) is 10.7. The van der Waals surface area contributed by atoms with Gasteiger partial charge in [0, 0.05) is 26.1 Å². The van der Waals surface area contributed by atoms with E-state index in [1.54, 1.807) is 12.1 Å². The van der Waals surface area contributed by atoms with Crippen LogP contribution in [0.5, 0.6) is 5.75 Å². The molecule has 1 aliphatic heterocycles. The van der Waals surface area contributed by atoms with E-state index < -0.39 is 0 Å². The van der Waals surface area contributed by atoms with Crippen LogP contribution in [0.3, 0.4) is 0 Å². The molecule has 1 aliphatic rings. The summed E-state index contributed by atoms with van der Waals surface area (Å²) in [5.41, 5.74) is 0. The molecule has 0 unspecified atom stereocenters. The van der Waals surface area contributed by atoms with E-state index in [1.807, 2.05) is 17.0 Å². The SMILES string of the molecule is O=C(CCOc1ccccc1Cl)NCCCN1CCCC1=O. The zero-order valence-corrected chi connectivity index (χ0v) is 13.3. The molecule has 0 bridgehead atoms.